The summed E-state index contributed by atoms with van der Waals surface area (Å²) >= 11 is 0. The number of rotatable bonds is 5. The van der Waals surface area contributed by atoms with Gasteiger partial charge < -0.3 is 4.74 Å². The number of cyclic esters (lactones) is 1. The van der Waals surface area contributed by atoms with Gasteiger partial charge in [-0.1, -0.05) is 73.5 Å². The van der Waals surface area contributed by atoms with Crippen LogP contribution in [0, 0.1) is 5.92 Å². The second kappa shape index (κ2) is 8.13. The zero-order valence-electron chi connectivity index (χ0n) is 15.8. The Kier molecular flexibility index (Phi) is 5.44. The van der Waals surface area contributed by atoms with Gasteiger partial charge in [0.1, 0.15) is 12.2 Å². The largest absolute Gasteiger partial charge is 0.444 e. The monoisotopic (exact) mass is 365 g/mol. The SMILES string of the molecule is CC(ON1C(=O)OC(Cc2ccccc2)C2CCCCC21)c1ccccc1. The van der Waals surface area contributed by atoms with Gasteiger partial charge in [0.05, 0.1) is 6.04 Å². The number of ether oxygens (including phenoxy) is 1. The highest BCUT2D eigenvalue weighted by molar-refractivity contribution is 5.68. The van der Waals surface area contributed by atoms with E-state index in [1.54, 1.807) is 0 Å². The van der Waals surface area contributed by atoms with E-state index in [0.717, 1.165) is 31.2 Å². The fraction of sp³-hybridized carbons (Fsp3) is 0.435. The summed E-state index contributed by atoms with van der Waals surface area (Å²) in [5.41, 5.74) is 2.27. The van der Waals surface area contributed by atoms with Crippen molar-refractivity contribution in [3.05, 3.63) is 71.8 Å². The molecule has 27 heavy (non-hydrogen) atoms. The highest BCUT2D eigenvalue weighted by atomic mass is 16.7. The van der Waals surface area contributed by atoms with Crippen molar-refractivity contribution in [3.63, 3.8) is 0 Å². The van der Waals surface area contributed by atoms with E-state index in [0.29, 0.717) is 5.92 Å². The topological polar surface area (TPSA) is 38.8 Å². The number of carbonyl (C=O) groups is 1. The van der Waals surface area contributed by atoms with E-state index in [1.807, 2.05) is 55.5 Å². The van der Waals surface area contributed by atoms with Gasteiger partial charge in [-0.25, -0.2) is 4.79 Å². The van der Waals surface area contributed by atoms with Crippen molar-refractivity contribution in [2.75, 3.05) is 0 Å². The lowest BCUT2D eigenvalue weighted by Gasteiger charge is -2.46. The first kappa shape index (κ1) is 18.1. The number of hydroxylamine groups is 2. The summed E-state index contributed by atoms with van der Waals surface area (Å²) in [6.07, 6.45) is 4.54. The van der Waals surface area contributed by atoms with Gasteiger partial charge in [0.25, 0.3) is 0 Å². The predicted molar refractivity (Wildman–Crippen MR) is 104 cm³/mol. The molecule has 4 rings (SSSR count). The van der Waals surface area contributed by atoms with Crippen LogP contribution >= 0.6 is 0 Å². The molecule has 2 aliphatic rings. The predicted octanol–water partition coefficient (Wildman–Crippen LogP) is 5.30. The lowest BCUT2D eigenvalue weighted by atomic mass is 9.78. The number of fused-ring (bicyclic) bond motifs is 1. The Morgan fingerprint density at radius 2 is 1.70 bits per heavy atom. The molecule has 1 aliphatic carbocycles. The van der Waals surface area contributed by atoms with Crippen molar-refractivity contribution in [3.8, 4) is 0 Å². The maximum absolute atomic E-state index is 12.8. The summed E-state index contributed by atoms with van der Waals surface area (Å²) in [6.45, 7) is 1.98. The average molecular weight is 365 g/mol. The van der Waals surface area contributed by atoms with Gasteiger partial charge in [-0.15, -0.1) is 0 Å². The molecule has 4 heteroatoms. The van der Waals surface area contributed by atoms with Crippen LogP contribution in [-0.4, -0.2) is 23.3 Å². The highest BCUT2D eigenvalue weighted by Gasteiger charge is 2.46. The number of amides is 1. The van der Waals surface area contributed by atoms with Crippen LogP contribution in [-0.2, 0) is 16.0 Å². The molecule has 0 spiro atoms. The van der Waals surface area contributed by atoms with E-state index in [9.17, 15) is 4.79 Å². The maximum Gasteiger partial charge on any atom is 0.434 e. The van der Waals surface area contributed by atoms with Crippen molar-refractivity contribution < 1.29 is 14.4 Å². The van der Waals surface area contributed by atoms with Crippen LogP contribution in [0.1, 0.15) is 49.8 Å². The lowest BCUT2D eigenvalue weighted by molar-refractivity contribution is -0.239. The van der Waals surface area contributed by atoms with E-state index in [4.69, 9.17) is 9.57 Å². The maximum atomic E-state index is 12.8. The molecule has 0 radical (unpaired) electrons. The first-order valence-electron chi connectivity index (χ1n) is 9.98. The molecule has 0 N–H and O–H groups in total. The van der Waals surface area contributed by atoms with Gasteiger partial charge in [-0.3, -0.25) is 4.84 Å². The number of benzene rings is 2. The van der Waals surface area contributed by atoms with Crippen LogP contribution < -0.4 is 0 Å². The Morgan fingerprint density at radius 1 is 1.04 bits per heavy atom. The Hall–Kier alpha value is -2.33. The molecular weight excluding hydrogens is 338 g/mol. The minimum atomic E-state index is -0.345. The van der Waals surface area contributed by atoms with Crippen LogP contribution in [0.2, 0.25) is 0 Å². The number of hydrogen-bond acceptors (Lipinski definition) is 3. The Balaban J connectivity index is 1.50. The fourth-order valence-corrected chi connectivity index (χ4v) is 4.38. The lowest BCUT2D eigenvalue weighted by Crippen LogP contribution is -2.56. The van der Waals surface area contributed by atoms with Gasteiger partial charge in [0.2, 0.25) is 0 Å². The molecule has 2 aromatic carbocycles. The van der Waals surface area contributed by atoms with Crippen molar-refractivity contribution in [1.29, 1.82) is 0 Å². The molecule has 142 valence electrons. The second-order valence-electron chi connectivity index (χ2n) is 7.61. The molecule has 0 bridgehead atoms. The van der Waals surface area contributed by atoms with Crippen LogP contribution in [0.25, 0.3) is 0 Å². The van der Waals surface area contributed by atoms with Crippen LogP contribution in [0.5, 0.6) is 0 Å². The van der Waals surface area contributed by atoms with Crippen LogP contribution in [0.15, 0.2) is 60.7 Å². The molecule has 1 aliphatic heterocycles. The van der Waals surface area contributed by atoms with Crippen molar-refractivity contribution >= 4 is 6.09 Å². The van der Waals surface area contributed by atoms with E-state index >= 15 is 0 Å². The molecule has 1 saturated carbocycles. The molecule has 4 unspecified atom stereocenters. The summed E-state index contributed by atoms with van der Waals surface area (Å²) in [7, 11) is 0. The van der Waals surface area contributed by atoms with Crippen molar-refractivity contribution in [2.45, 2.75) is 57.3 Å². The standard InChI is InChI=1S/C23H27NO3/c1-17(19-12-6-3-7-13-19)27-24-21-15-9-8-14-20(21)22(26-23(24)25)16-18-10-4-2-5-11-18/h2-7,10-13,17,20-22H,8-9,14-16H2,1H3. The molecule has 4 nitrogen and oxygen atoms in total. The summed E-state index contributed by atoms with van der Waals surface area (Å²) < 4.78 is 5.87. The number of hydrogen-bond donors (Lipinski definition) is 0. The van der Waals surface area contributed by atoms with Crippen LogP contribution in [0.3, 0.4) is 0 Å². The Bertz CT molecular complexity index is 749. The van der Waals surface area contributed by atoms with Crippen LogP contribution in [0.4, 0.5) is 4.79 Å². The van der Waals surface area contributed by atoms with Gasteiger partial charge in [-0.05, 0) is 30.9 Å². The molecule has 1 heterocycles. The zero-order chi connectivity index (χ0) is 18.6. The third kappa shape index (κ3) is 4.01. The highest BCUT2D eigenvalue weighted by Crippen LogP contribution is 2.38. The van der Waals surface area contributed by atoms with Crippen molar-refractivity contribution in [1.82, 2.24) is 5.06 Å². The molecular formula is C23H27NO3. The number of carbonyl (C=O) groups excluding carboxylic acids is 1. The second-order valence-corrected chi connectivity index (χ2v) is 7.61. The minimum absolute atomic E-state index is 0.0721. The third-order valence-corrected chi connectivity index (χ3v) is 5.81. The van der Waals surface area contributed by atoms with Gasteiger partial charge in [0, 0.05) is 12.3 Å². The number of nitrogens with zero attached hydrogens (tertiary/aromatic N) is 1. The van der Waals surface area contributed by atoms with E-state index in [2.05, 4.69) is 12.1 Å². The van der Waals surface area contributed by atoms with Gasteiger partial charge in [0.15, 0.2) is 0 Å². The first-order valence-corrected chi connectivity index (χ1v) is 9.98. The van der Waals surface area contributed by atoms with E-state index in [1.165, 1.54) is 17.0 Å². The summed E-state index contributed by atoms with van der Waals surface area (Å²) in [5.74, 6) is 0.319. The smallest absolute Gasteiger partial charge is 0.434 e. The molecule has 0 aromatic heterocycles. The Morgan fingerprint density at radius 3 is 2.44 bits per heavy atom. The molecule has 1 amide bonds. The molecule has 2 fully saturated rings. The first-order chi connectivity index (χ1) is 13.2. The third-order valence-electron chi connectivity index (χ3n) is 5.81. The van der Waals surface area contributed by atoms with E-state index < -0.39 is 0 Å². The molecule has 4 atom stereocenters. The normalized spacial score (nSPS) is 26.2. The Labute approximate surface area is 161 Å². The van der Waals surface area contributed by atoms with Gasteiger partial charge >= 0.3 is 6.09 Å². The molecule has 2 aromatic rings. The molecule has 1 saturated heterocycles. The average Bonchev–Trinajstić information content (AvgIpc) is 2.72. The summed E-state index contributed by atoms with van der Waals surface area (Å²) in [5, 5.41) is 1.53. The van der Waals surface area contributed by atoms with Gasteiger partial charge in [-0.2, -0.15) is 5.06 Å². The summed E-state index contributed by atoms with van der Waals surface area (Å²) in [6, 6.07) is 20.4. The zero-order valence-corrected chi connectivity index (χ0v) is 15.8. The minimum Gasteiger partial charge on any atom is -0.444 e. The quantitative estimate of drug-likeness (QED) is 0.721. The summed E-state index contributed by atoms with van der Waals surface area (Å²) in [4.78, 5) is 18.9. The van der Waals surface area contributed by atoms with Crippen molar-refractivity contribution in [2.24, 2.45) is 5.92 Å². The van der Waals surface area contributed by atoms with E-state index in [-0.39, 0.29) is 24.3 Å². The fourth-order valence-electron chi connectivity index (χ4n) is 4.38.